The van der Waals surface area contributed by atoms with Crippen LogP contribution in [-0.2, 0) is 0 Å². The summed E-state index contributed by atoms with van der Waals surface area (Å²) >= 11 is 0. The molecule has 33 heavy (non-hydrogen) atoms. The second-order valence-corrected chi connectivity index (χ2v) is 7.33. The highest BCUT2D eigenvalue weighted by Crippen LogP contribution is 2.32. The van der Waals surface area contributed by atoms with Gasteiger partial charge in [-0.25, -0.2) is 4.39 Å². The number of hydrogen-bond acceptors (Lipinski definition) is 6. The molecule has 1 aliphatic rings. The number of rotatable bonds is 5. The highest BCUT2D eigenvalue weighted by molar-refractivity contribution is 6.04. The molecule has 0 saturated carbocycles. The smallest absolute Gasteiger partial charge is 0.255 e. The lowest BCUT2D eigenvalue weighted by molar-refractivity contribution is 0.102. The van der Waals surface area contributed by atoms with Gasteiger partial charge in [-0.05, 0) is 72.8 Å². The molecule has 2 heterocycles. The molecule has 3 aromatic carbocycles. The Hall–Kier alpha value is -4.46. The quantitative estimate of drug-likeness (QED) is 0.450. The van der Waals surface area contributed by atoms with Gasteiger partial charge in [-0.2, -0.15) is 0 Å². The predicted molar refractivity (Wildman–Crippen MR) is 123 cm³/mol. The van der Waals surface area contributed by atoms with Crippen LogP contribution in [0.2, 0.25) is 0 Å². The van der Waals surface area contributed by atoms with Crippen molar-refractivity contribution in [2.24, 2.45) is 0 Å². The fraction of sp³-hybridized carbons (Fsp3) is 0.0800. The second kappa shape index (κ2) is 8.96. The lowest BCUT2D eigenvalue weighted by Gasteiger charge is -2.19. The van der Waals surface area contributed by atoms with Crippen LogP contribution in [0.1, 0.15) is 10.4 Å². The number of nitrogens with one attached hydrogen (secondary N) is 2. The number of hydrogen-bond donors (Lipinski definition) is 2. The van der Waals surface area contributed by atoms with E-state index in [4.69, 9.17) is 9.47 Å². The molecule has 5 rings (SSSR count). The Morgan fingerprint density at radius 1 is 0.788 bits per heavy atom. The van der Waals surface area contributed by atoms with Crippen molar-refractivity contribution >= 4 is 23.1 Å². The van der Waals surface area contributed by atoms with Gasteiger partial charge in [-0.1, -0.05) is 0 Å². The van der Waals surface area contributed by atoms with E-state index in [9.17, 15) is 9.18 Å². The lowest BCUT2D eigenvalue weighted by Crippen LogP contribution is -2.16. The Morgan fingerprint density at radius 3 is 2.24 bits per heavy atom. The van der Waals surface area contributed by atoms with Crippen LogP contribution in [0.3, 0.4) is 0 Å². The van der Waals surface area contributed by atoms with Crippen LogP contribution in [0, 0.1) is 5.82 Å². The van der Waals surface area contributed by atoms with Gasteiger partial charge in [0.15, 0.2) is 17.3 Å². The van der Waals surface area contributed by atoms with Crippen molar-refractivity contribution in [2.45, 2.75) is 0 Å². The fourth-order valence-corrected chi connectivity index (χ4v) is 3.35. The molecular formula is C25H19FN4O3. The molecule has 0 aliphatic carbocycles. The molecule has 2 N–H and O–H groups in total. The molecule has 0 atom stereocenters. The number of carbonyl (C=O) groups is 1. The Kier molecular flexibility index (Phi) is 5.55. The highest BCUT2D eigenvalue weighted by atomic mass is 19.1. The molecule has 4 aromatic rings. The second-order valence-electron chi connectivity index (χ2n) is 7.33. The molecule has 0 saturated heterocycles. The maximum atomic E-state index is 13.1. The van der Waals surface area contributed by atoms with E-state index in [2.05, 4.69) is 20.8 Å². The van der Waals surface area contributed by atoms with Gasteiger partial charge in [0.25, 0.3) is 5.91 Å². The van der Waals surface area contributed by atoms with E-state index in [1.165, 1.54) is 12.1 Å². The Bertz CT molecular complexity index is 1280. The van der Waals surface area contributed by atoms with Gasteiger partial charge in [0.2, 0.25) is 0 Å². The van der Waals surface area contributed by atoms with Gasteiger partial charge in [-0.3, -0.25) is 4.79 Å². The van der Waals surface area contributed by atoms with Crippen LogP contribution in [0.15, 0.2) is 78.9 Å². The number of ether oxygens (including phenoxy) is 2. The number of halogens is 1. The van der Waals surface area contributed by atoms with Crippen molar-refractivity contribution in [3.63, 3.8) is 0 Å². The van der Waals surface area contributed by atoms with Gasteiger partial charge >= 0.3 is 0 Å². The molecule has 7 nitrogen and oxygen atoms in total. The number of anilines is 3. The first-order chi connectivity index (χ1) is 16.1. The summed E-state index contributed by atoms with van der Waals surface area (Å²) in [6.45, 7) is 1.00. The first-order valence-corrected chi connectivity index (χ1v) is 10.3. The third kappa shape index (κ3) is 4.74. The average Bonchev–Trinajstić information content (AvgIpc) is 2.85. The normalized spacial score (nSPS) is 12.2. The lowest BCUT2D eigenvalue weighted by atomic mass is 10.1. The number of amides is 1. The summed E-state index contributed by atoms with van der Waals surface area (Å²) in [4.78, 5) is 12.6. The van der Waals surface area contributed by atoms with Crippen LogP contribution >= 0.6 is 0 Å². The third-order valence-corrected chi connectivity index (χ3v) is 5.02. The first-order valence-electron chi connectivity index (χ1n) is 10.3. The molecular weight excluding hydrogens is 423 g/mol. The van der Waals surface area contributed by atoms with Crippen molar-refractivity contribution in [3.05, 3.63) is 90.2 Å². The van der Waals surface area contributed by atoms with Crippen LogP contribution in [0.5, 0.6) is 11.5 Å². The zero-order valence-corrected chi connectivity index (χ0v) is 17.4. The third-order valence-electron chi connectivity index (χ3n) is 5.02. The standard InChI is InChI=1S/C25H19FN4O3/c26-18-5-1-16(2-6-18)21-10-12-24(30-29-21)27-19-7-3-17(4-8-19)25(31)28-20-9-11-22-23(15-20)33-14-13-32-22/h1-12,15H,13-14H2,(H,27,30)(H,28,31). The molecule has 0 radical (unpaired) electrons. The minimum Gasteiger partial charge on any atom is -0.486 e. The number of fused-ring (bicyclic) bond motifs is 1. The maximum absolute atomic E-state index is 13.1. The summed E-state index contributed by atoms with van der Waals surface area (Å²) in [6, 6.07) is 22.0. The minimum absolute atomic E-state index is 0.235. The zero-order valence-electron chi connectivity index (χ0n) is 17.4. The topological polar surface area (TPSA) is 85.4 Å². The zero-order chi connectivity index (χ0) is 22.6. The van der Waals surface area contributed by atoms with Crippen LogP contribution in [0.25, 0.3) is 11.3 Å². The van der Waals surface area contributed by atoms with E-state index < -0.39 is 0 Å². The van der Waals surface area contributed by atoms with Gasteiger partial charge in [-0.15, -0.1) is 10.2 Å². The van der Waals surface area contributed by atoms with Crippen molar-refractivity contribution in [1.29, 1.82) is 0 Å². The number of benzene rings is 3. The monoisotopic (exact) mass is 442 g/mol. The van der Waals surface area contributed by atoms with E-state index in [-0.39, 0.29) is 11.7 Å². The number of aromatic nitrogens is 2. The first kappa shape index (κ1) is 20.4. The van der Waals surface area contributed by atoms with Crippen LogP contribution in [0.4, 0.5) is 21.6 Å². The maximum Gasteiger partial charge on any atom is 0.255 e. The number of nitrogens with zero attached hydrogens (tertiary/aromatic N) is 2. The average molecular weight is 442 g/mol. The van der Waals surface area contributed by atoms with Crippen molar-refractivity contribution in [2.75, 3.05) is 23.8 Å². The molecule has 1 aliphatic heterocycles. The Balaban J connectivity index is 1.22. The largest absolute Gasteiger partial charge is 0.486 e. The molecule has 164 valence electrons. The molecule has 0 spiro atoms. The summed E-state index contributed by atoms with van der Waals surface area (Å²) in [5, 5.41) is 14.4. The summed E-state index contributed by atoms with van der Waals surface area (Å²) in [6.07, 6.45) is 0. The molecule has 0 unspecified atom stereocenters. The predicted octanol–water partition coefficient (Wildman–Crippen LogP) is 5.05. The van der Waals surface area contributed by atoms with E-state index in [0.717, 1.165) is 11.3 Å². The van der Waals surface area contributed by atoms with Crippen molar-refractivity contribution in [1.82, 2.24) is 10.2 Å². The van der Waals surface area contributed by atoms with Gasteiger partial charge in [0.05, 0.1) is 5.69 Å². The van der Waals surface area contributed by atoms with E-state index in [0.29, 0.717) is 47.5 Å². The highest BCUT2D eigenvalue weighted by Gasteiger charge is 2.13. The van der Waals surface area contributed by atoms with E-state index >= 15 is 0 Å². The minimum atomic E-state index is -0.298. The molecule has 1 aromatic heterocycles. The van der Waals surface area contributed by atoms with Crippen molar-refractivity contribution in [3.8, 4) is 22.8 Å². The molecule has 0 fully saturated rings. The molecule has 8 heteroatoms. The Labute approximate surface area is 189 Å². The van der Waals surface area contributed by atoms with Gasteiger partial charge in [0.1, 0.15) is 19.0 Å². The van der Waals surface area contributed by atoms with Crippen LogP contribution in [-0.4, -0.2) is 29.3 Å². The SMILES string of the molecule is O=C(Nc1ccc2c(c1)OCCO2)c1ccc(Nc2ccc(-c3ccc(F)cc3)nn2)cc1. The van der Waals surface area contributed by atoms with Crippen LogP contribution < -0.4 is 20.1 Å². The molecule has 0 bridgehead atoms. The van der Waals surface area contributed by atoms with E-state index in [1.807, 2.05) is 0 Å². The van der Waals surface area contributed by atoms with Gasteiger partial charge in [0, 0.05) is 28.6 Å². The summed E-state index contributed by atoms with van der Waals surface area (Å²) in [5.74, 6) is 1.30. The molecule has 1 amide bonds. The fourth-order valence-electron chi connectivity index (χ4n) is 3.35. The van der Waals surface area contributed by atoms with Crippen molar-refractivity contribution < 1.29 is 18.7 Å². The summed E-state index contributed by atoms with van der Waals surface area (Å²) in [5.41, 5.74) is 3.32. The summed E-state index contributed by atoms with van der Waals surface area (Å²) < 4.78 is 24.1. The summed E-state index contributed by atoms with van der Waals surface area (Å²) in [7, 11) is 0. The number of carbonyl (C=O) groups excluding carboxylic acids is 1. The Morgan fingerprint density at radius 2 is 1.52 bits per heavy atom. The van der Waals surface area contributed by atoms with E-state index in [1.54, 1.807) is 66.7 Å². The van der Waals surface area contributed by atoms with Gasteiger partial charge < -0.3 is 20.1 Å².